The number of nitrogens with zero attached hydrogens (tertiary/aromatic N) is 2. The molecule has 106 valence electrons. The summed E-state index contributed by atoms with van der Waals surface area (Å²) in [5.74, 6) is 1.18. The molecule has 2 heterocycles. The summed E-state index contributed by atoms with van der Waals surface area (Å²) in [6.07, 6.45) is 4.50. The lowest BCUT2D eigenvalue weighted by atomic mass is 10.0. The molecule has 5 nitrogen and oxygen atoms in total. The summed E-state index contributed by atoms with van der Waals surface area (Å²) in [6.45, 7) is 3.41. The highest BCUT2D eigenvalue weighted by atomic mass is 32.2. The Hall–Kier alpha value is -1.14. The molecule has 0 saturated carbocycles. The molecular formula is C13H21N3O2S. The second-order valence-electron chi connectivity index (χ2n) is 5.07. The van der Waals surface area contributed by atoms with Crippen LogP contribution in [-0.2, 0) is 10.0 Å². The smallest absolute Gasteiger partial charge is 0.243 e. The van der Waals surface area contributed by atoms with Crippen molar-refractivity contribution in [3.63, 3.8) is 0 Å². The van der Waals surface area contributed by atoms with Crippen LogP contribution in [0.2, 0.25) is 0 Å². The summed E-state index contributed by atoms with van der Waals surface area (Å²) in [5.41, 5.74) is 0. The van der Waals surface area contributed by atoms with Crippen LogP contribution in [0.4, 0.5) is 5.82 Å². The molecule has 1 aliphatic rings. The van der Waals surface area contributed by atoms with Gasteiger partial charge in [0.15, 0.2) is 0 Å². The van der Waals surface area contributed by atoms with Gasteiger partial charge in [-0.3, -0.25) is 0 Å². The predicted octanol–water partition coefficient (Wildman–Crippen LogP) is 1.93. The predicted molar refractivity (Wildman–Crippen MR) is 75.6 cm³/mol. The van der Waals surface area contributed by atoms with E-state index in [0.717, 1.165) is 19.3 Å². The van der Waals surface area contributed by atoms with Gasteiger partial charge in [0.1, 0.15) is 5.82 Å². The molecule has 0 aliphatic carbocycles. The first-order valence-corrected chi connectivity index (χ1v) is 8.12. The van der Waals surface area contributed by atoms with Crippen molar-refractivity contribution in [2.24, 2.45) is 5.92 Å². The number of rotatable bonds is 3. The third kappa shape index (κ3) is 3.25. The summed E-state index contributed by atoms with van der Waals surface area (Å²) in [7, 11) is -1.66. The molecule has 6 heteroatoms. The van der Waals surface area contributed by atoms with Crippen molar-refractivity contribution in [3.05, 3.63) is 18.3 Å². The number of aromatic nitrogens is 1. The third-order valence-electron chi connectivity index (χ3n) is 3.60. The van der Waals surface area contributed by atoms with Crippen molar-refractivity contribution < 1.29 is 8.42 Å². The van der Waals surface area contributed by atoms with Gasteiger partial charge in [-0.05, 0) is 31.2 Å². The fourth-order valence-electron chi connectivity index (χ4n) is 2.33. The van der Waals surface area contributed by atoms with E-state index in [1.54, 1.807) is 23.5 Å². The highest BCUT2D eigenvalue weighted by molar-refractivity contribution is 7.89. The molecule has 0 bridgehead atoms. The molecule has 0 radical (unpaired) electrons. The molecule has 19 heavy (non-hydrogen) atoms. The molecule has 1 N–H and O–H groups in total. The molecule has 2 rings (SSSR count). The van der Waals surface area contributed by atoms with Crippen molar-refractivity contribution >= 4 is 15.8 Å². The Morgan fingerprint density at radius 2 is 2.16 bits per heavy atom. The van der Waals surface area contributed by atoms with Crippen LogP contribution in [0.1, 0.15) is 26.2 Å². The van der Waals surface area contributed by atoms with E-state index in [0.29, 0.717) is 29.7 Å². The second-order valence-corrected chi connectivity index (χ2v) is 7.00. The van der Waals surface area contributed by atoms with E-state index in [2.05, 4.69) is 17.2 Å². The first kappa shape index (κ1) is 14.3. The molecule has 1 aliphatic heterocycles. The summed E-state index contributed by atoms with van der Waals surface area (Å²) in [4.78, 5) is 4.37. The van der Waals surface area contributed by atoms with Crippen LogP contribution in [0.3, 0.4) is 0 Å². The van der Waals surface area contributed by atoms with E-state index >= 15 is 0 Å². The molecule has 1 atom stereocenters. The summed E-state index contributed by atoms with van der Waals surface area (Å²) < 4.78 is 26.8. The van der Waals surface area contributed by atoms with Gasteiger partial charge < -0.3 is 5.32 Å². The van der Waals surface area contributed by atoms with Crippen LogP contribution in [0.5, 0.6) is 0 Å². The molecule has 1 saturated heterocycles. The first-order chi connectivity index (χ1) is 9.04. The van der Waals surface area contributed by atoms with E-state index < -0.39 is 10.0 Å². The van der Waals surface area contributed by atoms with Gasteiger partial charge in [-0.25, -0.2) is 13.4 Å². The Morgan fingerprint density at radius 1 is 1.37 bits per heavy atom. The Balaban J connectivity index is 2.25. The van der Waals surface area contributed by atoms with E-state index in [1.165, 1.54) is 6.20 Å². The Labute approximate surface area is 115 Å². The lowest BCUT2D eigenvalue weighted by Gasteiger charge is -2.20. The molecule has 1 fully saturated rings. The van der Waals surface area contributed by atoms with E-state index in [9.17, 15) is 8.42 Å². The van der Waals surface area contributed by atoms with Gasteiger partial charge in [0.2, 0.25) is 10.0 Å². The number of hydrogen-bond donors (Lipinski definition) is 1. The van der Waals surface area contributed by atoms with Gasteiger partial charge in [-0.2, -0.15) is 4.31 Å². The normalized spacial score (nSPS) is 21.9. The standard InChI is InChI=1S/C13H21N3O2S/c1-11-4-3-8-16(9-6-11)19(17,18)12-5-7-15-13(10-12)14-2/h5,7,10-11H,3-4,6,8-9H2,1-2H3,(H,14,15). The van der Waals surface area contributed by atoms with Crippen LogP contribution in [0.25, 0.3) is 0 Å². The number of nitrogens with one attached hydrogen (secondary N) is 1. The lowest BCUT2D eigenvalue weighted by Crippen LogP contribution is -2.32. The van der Waals surface area contributed by atoms with Gasteiger partial charge >= 0.3 is 0 Å². The van der Waals surface area contributed by atoms with Crippen LogP contribution >= 0.6 is 0 Å². The van der Waals surface area contributed by atoms with Crippen molar-refractivity contribution in [1.82, 2.24) is 9.29 Å². The molecular weight excluding hydrogens is 262 g/mol. The molecule has 0 amide bonds. The number of anilines is 1. The van der Waals surface area contributed by atoms with Crippen LogP contribution < -0.4 is 5.32 Å². The second kappa shape index (κ2) is 5.88. The van der Waals surface area contributed by atoms with Crippen molar-refractivity contribution in [1.29, 1.82) is 0 Å². The van der Waals surface area contributed by atoms with Gasteiger partial charge in [-0.1, -0.05) is 6.92 Å². The van der Waals surface area contributed by atoms with E-state index in [1.807, 2.05) is 0 Å². The van der Waals surface area contributed by atoms with E-state index in [-0.39, 0.29) is 0 Å². The monoisotopic (exact) mass is 283 g/mol. The van der Waals surface area contributed by atoms with E-state index in [4.69, 9.17) is 0 Å². The van der Waals surface area contributed by atoms with Gasteiger partial charge in [0.25, 0.3) is 0 Å². The Bertz CT molecular complexity index is 530. The zero-order chi connectivity index (χ0) is 13.9. The SMILES string of the molecule is CNc1cc(S(=O)(=O)N2CCCC(C)CC2)ccn1. The average Bonchev–Trinajstić information content (AvgIpc) is 2.64. The lowest BCUT2D eigenvalue weighted by molar-refractivity contribution is 0.416. The fraction of sp³-hybridized carbons (Fsp3) is 0.615. The maximum atomic E-state index is 12.6. The summed E-state index contributed by atoms with van der Waals surface area (Å²) in [6, 6.07) is 3.15. The molecule has 1 aromatic heterocycles. The third-order valence-corrected chi connectivity index (χ3v) is 5.50. The Kier molecular flexibility index (Phi) is 4.42. The minimum Gasteiger partial charge on any atom is -0.373 e. The minimum absolute atomic E-state index is 0.321. The minimum atomic E-state index is -3.39. The molecule has 1 unspecified atom stereocenters. The highest BCUT2D eigenvalue weighted by Crippen LogP contribution is 2.23. The summed E-state index contributed by atoms with van der Waals surface area (Å²) in [5, 5.41) is 2.87. The molecule has 0 aromatic carbocycles. The summed E-state index contributed by atoms with van der Waals surface area (Å²) >= 11 is 0. The van der Waals surface area contributed by atoms with Crippen molar-refractivity contribution in [2.75, 3.05) is 25.5 Å². The van der Waals surface area contributed by atoms with Crippen molar-refractivity contribution in [3.8, 4) is 0 Å². The first-order valence-electron chi connectivity index (χ1n) is 6.68. The fourth-order valence-corrected chi connectivity index (χ4v) is 3.84. The topological polar surface area (TPSA) is 62.3 Å². The highest BCUT2D eigenvalue weighted by Gasteiger charge is 2.26. The quantitative estimate of drug-likeness (QED) is 0.921. The Morgan fingerprint density at radius 3 is 2.89 bits per heavy atom. The van der Waals surface area contributed by atoms with Crippen LogP contribution in [0.15, 0.2) is 23.2 Å². The number of hydrogen-bond acceptors (Lipinski definition) is 4. The number of sulfonamides is 1. The maximum Gasteiger partial charge on any atom is 0.243 e. The van der Waals surface area contributed by atoms with Gasteiger partial charge in [-0.15, -0.1) is 0 Å². The average molecular weight is 283 g/mol. The number of pyridine rings is 1. The zero-order valence-corrected chi connectivity index (χ0v) is 12.3. The van der Waals surface area contributed by atoms with Crippen LogP contribution in [-0.4, -0.2) is 37.8 Å². The van der Waals surface area contributed by atoms with Gasteiger partial charge in [0, 0.05) is 32.4 Å². The maximum absolute atomic E-state index is 12.6. The van der Waals surface area contributed by atoms with Crippen molar-refractivity contribution in [2.45, 2.75) is 31.1 Å². The molecule has 1 aromatic rings. The van der Waals surface area contributed by atoms with Gasteiger partial charge in [0.05, 0.1) is 4.90 Å². The largest absolute Gasteiger partial charge is 0.373 e. The van der Waals surface area contributed by atoms with Crippen LogP contribution in [0, 0.1) is 5.92 Å². The zero-order valence-electron chi connectivity index (χ0n) is 11.5. The molecule has 0 spiro atoms.